The van der Waals surface area contributed by atoms with Crippen molar-refractivity contribution in [1.82, 2.24) is 15.7 Å². The topological polar surface area (TPSA) is 60.9 Å². The minimum atomic E-state index is 0.447. The SMILES string of the molecule is Cc1[nH]ncc1CNO. The van der Waals surface area contributed by atoms with Crippen molar-refractivity contribution in [3.05, 3.63) is 17.5 Å². The van der Waals surface area contributed by atoms with Gasteiger partial charge in [0.25, 0.3) is 0 Å². The molecule has 4 nitrogen and oxygen atoms in total. The monoisotopic (exact) mass is 127 g/mol. The standard InChI is InChI=1S/C5H9N3O/c1-4-5(3-7-9)2-6-8-4/h2,7,9H,3H2,1H3,(H,6,8). The maximum absolute atomic E-state index is 8.27. The van der Waals surface area contributed by atoms with Crippen molar-refractivity contribution in [2.24, 2.45) is 0 Å². The lowest BCUT2D eigenvalue weighted by Crippen LogP contribution is -2.05. The highest BCUT2D eigenvalue weighted by Crippen LogP contribution is 1.99. The third-order valence-corrected chi connectivity index (χ3v) is 1.20. The normalized spacial score (nSPS) is 10.0. The second-order valence-electron chi connectivity index (χ2n) is 1.86. The molecule has 9 heavy (non-hydrogen) atoms. The second kappa shape index (κ2) is 2.61. The minimum absolute atomic E-state index is 0.447. The molecule has 0 bridgehead atoms. The van der Waals surface area contributed by atoms with Crippen LogP contribution in [0.15, 0.2) is 6.20 Å². The third-order valence-electron chi connectivity index (χ3n) is 1.20. The van der Waals surface area contributed by atoms with Crippen LogP contribution in [0.25, 0.3) is 0 Å². The zero-order chi connectivity index (χ0) is 6.69. The number of H-pyrrole nitrogens is 1. The second-order valence-corrected chi connectivity index (χ2v) is 1.86. The van der Waals surface area contributed by atoms with Crippen molar-refractivity contribution >= 4 is 0 Å². The molecule has 1 rings (SSSR count). The molecule has 1 aromatic heterocycles. The lowest BCUT2D eigenvalue weighted by molar-refractivity contribution is 0.161. The predicted octanol–water partition coefficient (Wildman–Crippen LogP) is 0.197. The highest BCUT2D eigenvalue weighted by molar-refractivity contribution is 5.13. The number of hydrogen-bond acceptors (Lipinski definition) is 3. The van der Waals surface area contributed by atoms with E-state index < -0.39 is 0 Å². The van der Waals surface area contributed by atoms with Crippen molar-refractivity contribution < 1.29 is 5.21 Å². The maximum atomic E-state index is 8.27. The van der Waals surface area contributed by atoms with Gasteiger partial charge in [-0.2, -0.15) is 5.10 Å². The van der Waals surface area contributed by atoms with Crippen molar-refractivity contribution in [2.45, 2.75) is 13.5 Å². The van der Waals surface area contributed by atoms with E-state index in [-0.39, 0.29) is 0 Å². The lowest BCUT2D eigenvalue weighted by atomic mass is 10.3. The van der Waals surface area contributed by atoms with Gasteiger partial charge in [-0.3, -0.25) is 5.10 Å². The van der Waals surface area contributed by atoms with Gasteiger partial charge in [-0.25, -0.2) is 5.48 Å². The zero-order valence-corrected chi connectivity index (χ0v) is 5.18. The van der Waals surface area contributed by atoms with Gasteiger partial charge in [0, 0.05) is 17.8 Å². The number of hydrogen-bond donors (Lipinski definition) is 3. The van der Waals surface area contributed by atoms with Crippen LogP contribution in [-0.4, -0.2) is 15.4 Å². The summed E-state index contributed by atoms with van der Waals surface area (Å²) in [5, 5.41) is 14.8. The van der Waals surface area contributed by atoms with E-state index in [9.17, 15) is 0 Å². The van der Waals surface area contributed by atoms with Crippen LogP contribution in [0, 0.1) is 6.92 Å². The van der Waals surface area contributed by atoms with Gasteiger partial charge in [0.05, 0.1) is 6.20 Å². The summed E-state index contributed by atoms with van der Waals surface area (Å²) in [5.74, 6) is 0. The van der Waals surface area contributed by atoms with Crippen LogP contribution in [0.2, 0.25) is 0 Å². The van der Waals surface area contributed by atoms with E-state index in [0.29, 0.717) is 6.54 Å². The molecule has 1 aromatic rings. The van der Waals surface area contributed by atoms with E-state index >= 15 is 0 Å². The summed E-state index contributed by atoms with van der Waals surface area (Å²) in [6.45, 7) is 2.35. The van der Waals surface area contributed by atoms with Gasteiger partial charge in [-0.15, -0.1) is 0 Å². The Morgan fingerprint density at radius 2 is 2.67 bits per heavy atom. The summed E-state index contributed by atoms with van der Waals surface area (Å²) < 4.78 is 0. The van der Waals surface area contributed by atoms with E-state index in [1.807, 2.05) is 6.92 Å². The molecule has 3 N–H and O–H groups in total. The van der Waals surface area contributed by atoms with Crippen LogP contribution in [0.5, 0.6) is 0 Å². The Balaban J connectivity index is 2.69. The lowest BCUT2D eigenvalue weighted by Gasteiger charge is -1.92. The number of aryl methyl sites for hydroxylation is 1. The summed E-state index contributed by atoms with van der Waals surface area (Å²) in [7, 11) is 0. The number of nitrogens with one attached hydrogen (secondary N) is 2. The van der Waals surface area contributed by atoms with Gasteiger partial charge in [0.1, 0.15) is 0 Å². The van der Waals surface area contributed by atoms with E-state index in [2.05, 4.69) is 15.7 Å². The Morgan fingerprint density at radius 1 is 1.89 bits per heavy atom. The molecule has 0 fully saturated rings. The number of hydroxylamine groups is 1. The molecule has 0 aliphatic heterocycles. The molecule has 1 heterocycles. The van der Waals surface area contributed by atoms with Gasteiger partial charge in [0.15, 0.2) is 0 Å². The molecule has 0 spiro atoms. The summed E-state index contributed by atoms with van der Waals surface area (Å²) in [6, 6.07) is 0. The van der Waals surface area contributed by atoms with E-state index in [4.69, 9.17) is 5.21 Å². The molecule has 0 unspecified atom stereocenters. The smallest absolute Gasteiger partial charge is 0.0535 e. The predicted molar refractivity (Wildman–Crippen MR) is 32.0 cm³/mol. The van der Waals surface area contributed by atoms with Gasteiger partial charge >= 0.3 is 0 Å². The summed E-state index contributed by atoms with van der Waals surface area (Å²) in [5.41, 5.74) is 4.02. The van der Waals surface area contributed by atoms with E-state index in [1.165, 1.54) is 0 Å². The van der Waals surface area contributed by atoms with E-state index in [1.54, 1.807) is 6.20 Å². The highest BCUT2D eigenvalue weighted by Gasteiger charge is 1.96. The third kappa shape index (κ3) is 1.28. The largest absolute Gasteiger partial charge is 0.316 e. The molecule has 0 saturated carbocycles. The molecule has 0 amide bonds. The van der Waals surface area contributed by atoms with Crippen LogP contribution >= 0.6 is 0 Å². The quantitative estimate of drug-likeness (QED) is 0.497. The average Bonchev–Trinajstić information content (AvgIpc) is 2.18. The molecule has 0 saturated heterocycles. The summed E-state index contributed by atoms with van der Waals surface area (Å²) in [6.07, 6.45) is 1.68. The van der Waals surface area contributed by atoms with Gasteiger partial charge in [-0.05, 0) is 6.92 Å². The first-order chi connectivity index (χ1) is 4.34. The molecule has 0 radical (unpaired) electrons. The van der Waals surface area contributed by atoms with Crippen LogP contribution < -0.4 is 5.48 Å². The highest BCUT2D eigenvalue weighted by atomic mass is 16.5. The number of aromatic nitrogens is 2. The van der Waals surface area contributed by atoms with Crippen molar-refractivity contribution in [1.29, 1.82) is 0 Å². The average molecular weight is 127 g/mol. The van der Waals surface area contributed by atoms with Gasteiger partial charge in [0.2, 0.25) is 0 Å². The zero-order valence-electron chi connectivity index (χ0n) is 5.18. The molecule has 50 valence electrons. The van der Waals surface area contributed by atoms with Crippen LogP contribution in [-0.2, 0) is 6.54 Å². The summed E-state index contributed by atoms with van der Waals surface area (Å²) in [4.78, 5) is 0. The molecule has 0 aromatic carbocycles. The number of nitrogens with zero attached hydrogens (tertiary/aromatic N) is 1. The van der Waals surface area contributed by atoms with Crippen molar-refractivity contribution in [2.75, 3.05) is 0 Å². The Kier molecular flexibility index (Phi) is 1.81. The number of aromatic amines is 1. The van der Waals surface area contributed by atoms with Gasteiger partial charge in [-0.1, -0.05) is 0 Å². The Labute approximate surface area is 52.9 Å². The molecular weight excluding hydrogens is 118 g/mol. The molecular formula is C5H9N3O. The van der Waals surface area contributed by atoms with Crippen LogP contribution in [0.3, 0.4) is 0 Å². The minimum Gasteiger partial charge on any atom is -0.316 e. The maximum Gasteiger partial charge on any atom is 0.0535 e. The molecule has 4 heteroatoms. The van der Waals surface area contributed by atoms with Crippen LogP contribution in [0.1, 0.15) is 11.3 Å². The van der Waals surface area contributed by atoms with E-state index in [0.717, 1.165) is 11.3 Å². The Bertz CT molecular complexity index is 184. The van der Waals surface area contributed by atoms with Crippen LogP contribution in [0.4, 0.5) is 0 Å². The first-order valence-electron chi connectivity index (χ1n) is 2.70. The fraction of sp³-hybridized carbons (Fsp3) is 0.400. The van der Waals surface area contributed by atoms with Crippen molar-refractivity contribution in [3.8, 4) is 0 Å². The first-order valence-corrected chi connectivity index (χ1v) is 2.70. The van der Waals surface area contributed by atoms with Crippen molar-refractivity contribution in [3.63, 3.8) is 0 Å². The fourth-order valence-electron chi connectivity index (χ4n) is 0.639. The fourth-order valence-corrected chi connectivity index (χ4v) is 0.639. The molecule has 0 atom stereocenters. The first kappa shape index (κ1) is 6.25. The molecule has 0 aliphatic rings. The summed E-state index contributed by atoms with van der Waals surface area (Å²) >= 11 is 0. The van der Waals surface area contributed by atoms with Gasteiger partial charge < -0.3 is 5.21 Å². The molecule has 0 aliphatic carbocycles. The Hall–Kier alpha value is -0.870. The number of rotatable bonds is 2. The Morgan fingerprint density at radius 3 is 3.11 bits per heavy atom.